The number of likely N-dealkylation sites (N-methyl/N-ethyl adjacent to an activating group) is 1. The first-order valence-electron chi connectivity index (χ1n) is 7.79. The number of hydrogen-bond donors (Lipinski definition) is 1. The second-order valence-corrected chi connectivity index (χ2v) is 6.00. The first kappa shape index (κ1) is 16.0. The minimum Gasteiger partial charge on any atom is -0.364 e. The topological polar surface area (TPSA) is 69.3 Å². The molecule has 0 bridgehead atoms. The molecule has 1 saturated heterocycles. The second kappa shape index (κ2) is 6.31. The Morgan fingerprint density at radius 3 is 2.83 bits per heavy atom. The molecule has 0 unspecified atom stereocenters. The van der Waals surface area contributed by atoms with E-state index in [1.165, 1.54) is 6.08 Å². The Kier molecular flexibility index (Phi) is 4.20. The van der Waals surface area contributed by atoms with Crippen molar-refractivity contribution in [3.63, 3.8) is 0 Å². The van der Waals surface area contributed by atoms with Crippen LogP contribution in [0.1, 0.15) is 5.69 Å². The van der Waals surface area contributed by atoms with E-state index in [1.54, 1.807) is 17.3 Å². The lowest BCUT2D eigenvalue weighted by Gasteiger charge is -2.44. The van der Waals surface area contributed by atoms with Crippen molar-refractivity contribution in [2.24, 2.45) is 0 Å². The van der Waals surface area contributed by atoms with Gasteiger partial charge in [-0.1, -0.05) is 6.58 Å². The summed E-state index contributed by atoms with van der Waals surface area (Å²) < 4.78 is 0. The molecule has 0 radical (unpaired) electrons. The summed E-state index contributed by atoms with van der Waals surface area (Å²) >= 11 is 0. The van der Waals surface area contributed by atoms with E-state index in [2.05, 4.69) is 16.5 Å². The molecule has 3 rings (SSSR count). The van der Waals surface area contributed by atoms with Crippen LogP contribution in [0.4, 0.5) is 5.69 Å². The van der Waals surface area contributed by atoms with Crippen molar-refractivity contribution >= 4 is 11.6 Å². The molecule has 0 aliphatic carbocycles. The van der Waals surface area contributed by atoms with E-state index < -0.39 is 0 Å². The van der Waals surface area contributed by atoms with Gasteiger partial charge in [0.1, 0.15) is 5.69 Å². The molecule has 2 aromatic heterocycles. The normalized spacial score (nSPS) is 14.2. The summed E-state index contributed by atoms with van der Waals surface area (Å²) in [5.41, 5.74) is 3.31. The van der Waals surface area contributed by atoms with Crippen LogP contribution in [-0.4, -0.2) is 47.0 Å². The summed E-state index contributed by atoms with van der Waals surface area (Å²) in [6, 6.07) is 5.90. The van der Waals surface area contributed by atoms with Crippen LogP contribution in [0.25, 0.3) is 11.1 Å². The lowest BCUT2D eigenvalue weighted by molar-refractivity contribution is -0.130. The van der Waals surface area contributed by atoms with Crippen LogP contribution < -0.4 is 10.5 Å². The third-order valence-electron chi connectivity index (χ3n) is 4.39. The number of likely N-dealkylation sites (tertiary alicyclic amines) is 1. The van der Waals surface area contributed by atoms with Crippen LogP contribution in [0.2, 0.25) is 0 Å². The second-order valence-electron chi connectivity index (χ2n) is 6.00. The maximum absolute atomic E-state index is 12.2. The summed E-state index contributed by atoms with van der Waals surface area (Å²) in [4.78, 5) is 34.4. The van der Waals surface area contributed by atoms with E-state index >= 15 is 0 Å². The highest BCUT2D eigenvalue weighted by Crippen LogP contribution is 2.24. The molecule has 1 fully saturated rings. The van der Waals surface area contributed by atoms with E-state index in [0.717, 1.165) is 16.8 Å². The van der Waals surface area contributed by atoms with Crippen molar-refractivity contribution in [2.45, 2.75) is 13.0 Å². The molecule has 2 aromatic rings. The minimum absolute atomic E-state index is 0.0745. The number of carbonyl (C=O) groups is 1. The summed E-state index contributed by atoms with van der Waals surface area (Å²) in [6.07, 6.45) is 4.78. The van der Waals surface area contributed by atoms with Crippen molar-refractivity contribution in [2.75, 3.05) is 25.0 Å². The van der Waals surface area contributed by atoms with E-state index in [1.807, 2.05) is 37.1 Å². The number of rotatable bonds is 4. The number of H-pyrrole nitrogens is 1. The Hall–Kier alpha value is -2.89. The first-order chi connectivity index (χ1) is 11.5. The van der Waals surface area contributed by atoms with Crippen molar-refractivity contribution in [1.29, 1.82) is 0 Å². The van der Waals surface area contributed by atoms with Gasteiger partial charge in [0.15, 0.2) is 0 Å². The fraction of sp³-hybridized carbons (Fsp3) is 0.278. The molecule has 24 heavy (non-hydrogen) atoms. The van der Waals surface area contributed by atoms with Gasteiger partial charge in [-0.25, -0.2) is 0 Å². The van der Waals surface area contributed by atoms with Gasteiger partial charge in [-0.2, -0.15) is 0 Å². The molecule has 0 atom stereocenters. The third-order valence-corrected chi connectivity index (χ3v) is 4.39. The molecule has 6 heteroatoms. The zero-order chi connectivity index (χ0) is 17.3. The van der Waals surface area contributed by atoms with E-state index in [9.17, 15) is 9.59 Å². The van der Waals surface area contributed by atoms with E-state index in [-0.39, 0.29) is 17.5 Å². The van der Waals surface area contributed by atoms with Gasteiger partial charge in [-0.15, -0.1) is 0 Å². The van der Waals surface area contributed by atoms with Gasteiger partial charge >= 0.3 is 0 Å². The number of aromatic amines is 1. The standard InChI is InChI=1S/C18H20N4O2/c1-4-17(23)22-10-15(11-22)21(3)16-8-14(9-20-18(16)24)13-5-6-19-12(2)7-13/h4-9,15H,1,10-11H2,2-3H3,(H,20,24). The van der Waals surface area contributed by atoms with Gasteiger partial charge in [0.25, 0.3) is 5.56 Å². The SMILES string of the molecule is C=CC(=O)N1CC(N(C)c2cc(-c3ccnc(C)c3)c[nH]c2=O)C1. The number of anilines is 1. The number of aryl methyl sites for hydroxylation is 1. The molecule has 1 aliphatic rings. The number of amides is 1. The number of nitrogens with one attached hydrogen (secondary N) is 1. The molecule has 6 nitrogen and oxygen atoms in total. The Balaban J connectivity index is 1.83. The van der Waals surface area contributed by atoms with Crippen LogP contribution in [0.3, 0.4) is 0 Å². The molecular weight excluding hydrogens is 304 g/mol. The average molecular weight is 324 g/mol. The predicted molar refractivity (Wildman–Crippen MR) is 94.0 cm³/mol. The van der Waals surface area contributed by atoms with Gasteiger partial charge in [0.05, 0.1) is 6.04 Å². The molecule has 1 aliphatic heterocycles. The highest BCUT2D eigenvalue weighted by molar-refractivity contribution is 5.87. The smallest absolute Gasteiger partial charge is 0.271 e. The largest absolute Gasteiger partial charge is 0.364 e. The van der Waals surface area contributed by atoms with Crippen LogP contribution in [0.15, 0.2) is 48.0 Å². The number of nitrogens with zero attached hydrogens (tertiary/aromatic N) is 3. The summed E-state index contributed by atoms with van der Waals surface area (Å²) in [7, 11) is 1.88. The lowest BCUT2D eigenvalue weighted by atomic mass is 10.0. The van der Waals surface area contributed by atoms with Gasteiger partial charge in [-0.3, -0.25) is 14.6 Å². The molecule has 1 N–H and O–H groups in total. The van der Waals surface area contributed by atoms with Crippen LogP contribution in [-0.2, 0) is 4.79 Å². The van der Waals surface area contributed by atoms with E-state index in [4.69, 9.17) is 0 Å². The predicted octanol–water partition coefficient (Wildman–Crippen LogP) is 1.58. The summed E-state index contributed by atoms with van der Waals surface area (Å²) in [5, 5.41) is 0. The third kappa shape index (κ3) is 2.95. The average Bonchev–Trinajstić information content (AvgIpc) is 2.53. The van der Waals surface area contributed by atoms with Crippen LogP contribution >= 0.6 is 0 Å². The molecule has 0 spiro atoms. The van der Waals surface area contributed by atoms with Crippen molar-refractivity contribution in [3.05, 3.63) is 59.3 Å². The van der Waals surface area contributed by atoms with Crippen LogP contribution in [0, 0.1) is 6.92 Å². The summed E-state index contributed by atoms with van der Waals surface area (Å²) in [5.74, 6) is -0.0745. The fourth-order valence-corrected chi connectivity index (χ4v) is 2.83. The zero-order valence-electron chi connectivity index (χ0n) is 13.8. The Morgan fingerprint density at radius 2 is 2.17 bits per heavy atom. The number of hydrogen-bond acceptors (Lipinski definition) is 4. The van der Waals surface area contributed by atoms with Crippen molar-refractivity contribution in [1.82, 2.24) is 14.9 Å². The molecule has 0 saturated carbocycles. The monoisotopic (exact) mass is 324 g/mol. The Bertz CT molecular complexity index is 837. The quantitative estimate of drug-likeness (QED) is 0.867. The fourth-order valence-electron chi connectivity index (χ4n) is 2.83. The van der Waals surface area contributed by atoms with Gasteiger partial charge in [-0.05, 0) is 36.8 Å². The van der Waals surface area contributed by atoms with Gasteiger partial charge in [0, 0.05) is 43.8 Å². The van der Waals surface area contributed by atoms with Crippen molar-refractivity contribution in [3.8, 4) is 11.1 Å². The molecule has 0 aromatic carbocycles. The first-order valence-corrected chi connectivity index (χ1v) is 7.79. The molecule has 3 heterocycles. The highest BCUT2D eigenvalue weighted by atomic mass is 16.2. The minimum atomic E-state index is -0.138. The lowest BCUT2D eigenvalue weighted by Crippen LogP contribution is -2.60. The number of pyridine rings is 2. The zero-order valence-corrected chi connectivity index (χ0v) is 13.8. The molecular formula is C18H20N4O2. The number of aromatic nitrogens is 2. The molecule has 1 amide bonds. The van der Waals surface area contributed by atoms with Crippen LogP contribution in [0.5, 0.6) is 0 Å². The highest BCUT2D eigenvalue weighted by Gasteiger charge is 2.33. The Morgan fingerprint density at radius 1 is 1.42 bits per heavy atom. The summed E-state index contributed by atoms with van der Waals surface area (Å²) in [6.45, 7) is 6.62. The maximum Gasteiger partial charge on any atom is 0.271 e. The van der Waals surface area contributed by atoms with Gasteiger partial charge < -0.3 is 14.8 Å². The van der Waals surface area contributed by atoms with E-state index in [0.29, 0.717) is 18.8 Å². The number of carbonyl (C=O) groups excluding carboxylic acids is 1. The molecule has 124 valence electrons. The van der Waals surface area contributed by atoms with Gasteiger partial charge in [0.2, 0.25) is 5.91 Å². The Labute approximate surface area is 140 Å². The van der Waals surface area contributed by atoms with Crippen molar-refractivity contribution < 1.29 is 4.79 Å². The maximum atomic E-state index is 12.2.